The van der Waals surface area contributed by atoms with Gasteiger partial charge in [0.25, 0.3) is 0 Å². The van der Waals surface area contributed by atoms with Crippen LogP contribution in [0.25, 0.3) is 11.1 Å². The van der Waals surface area contributed by atoms with Gasteiger partial charge in [0.2, 0.25) is 0 Å². The molecule has 0 heterocycles. The molecule has 0 fully saturated rings. The zero-order valence-electron chi connectivity index (χ0n) is 11.1. The van der Waals surface area contributed by atoms with E-state index in [0.29, 0.717) is 16.9 Å². The lowest BCUT2D eigenvalue weighted by atomic mass is 10.0. The Bertz CT molecular complexity index is 624. The topological polar surface area (TPSA) is 38.7 Å². The highest BCUT2D eigenvalue weighted by molar-refractivity contribution is 5.67. The van der Waals surface area contributed by atoms with E-state index in [1.165, 1.54) is 19.2 Å². The molecule has 0 aliphatic carbocycles. The average molecular weight is 298 g/mol. The number of ether oxygens (including phenoxy) is 2. The molecule has 0 spiro atoms. The summed E-state index contributed by atoms with van der Waals surface area (Å²) in [5, 5.41) is 9.09. The van der Waals surface area contributed by atoms with Crippen molar-refractivity contribution in [1.29, 1.82) is 0 Å². The van der Waals surface area contributed by atoms with Crippen LogP contribution >= 0.6 is 0 Å². The van der Waals surface area contributed by atoms with Gasteiger partial charge in [0, 0.05) is 5.56 Å². The fourth-order valence-corrected chi connectivity index (χ4v) is 1.89. The summed E-state index contributed by atoms with van der Waals surface area (Å²) in [5.41, 5.74) is 1.29. The third kappa shape index (κ3) is 3.88. The summed E-state index contributed by atoms with van der Waals surface area (Å²) in [6.07, 6.45) is -4.81. The van der Waals surface area contributed by atoms with Crippen molar-refractivity contribution in [2.45, 2.75) is 13.0 Å². The fourth-order valence-electron chi connectivity index (χ4n) is 1.89. The predicted octanol–water partition coefficient (Wildman–Crippen LogP) is 3.75. The van der Waals surface area contributed by atoms with Crippen molar-refractivity contribution in [1.82, 2.24) is 0 Å². The third-order valence-electron chi connectivity index (χ3n) is 2.87. The van der Waals surface area contributed by atoms with Gasteiger partial charge in [0.1, 0.15) is 11.5 Å². The molecule has 0 saturated heterocycles. The maximum atomic E-state index is 12.4. The lowest BCUT2D eigenvalue weighted by Gasteiger charge is -2.14. The molecule has 112 valence electrons. The van der Waals surface area contributed by atoms with Crippen LogP contribution in [0.4, 0.5) is 13.2 Å². The first kappa shape index (κ1) is 15.2. The largest absolute Gasteiger partial charge is 0.573 e. The summed E-state index contributed by atoms with van der Waals surface area (Å²) in [5.74, 6) is 0.183. The molecule has 0 unspecified atom stereocenters. The van der Waals surface area contributed by atoms with Gasteiger partial charge < -0.3 is 14.6 Å². The molecule has 21 heavy (non-hydrogen) atoms. The number of aliphatic hydroxyl groups excluding tert-OH is 1. The van der Waals surface area contributed by atoms with Crippen molar-refractivity contribution < 1.29 is 27.8 Å². The lowest BCUT2D eigenvalue weighted by molar-refractivity contribution is -0.275. The van der Waals surface area contributed by atoms with Crippen molar-refractivity contribution in [3.63, 3.8) is 0 Å². The molecule has 0 bridgehead atoms. The van der Waals surface area contributed by atoms with Gasteiger partial charge in [-0.05, 0) is 29.3 Å². The second-order valence-corrected chi connectivity index (χ2v) is 4.26. The highest BCUT2D eigenvalue weighted by atomic mass is 19.4. The van der Waals surface area contributed by atoms with E-state index in [1.54, 1.807) is 30.3 Å². The molecule has 2 rings (SSSR count). The predicted molar refractivity (Wildman–Crippen MR) is 71.0 cm³/mol. The number of benzene rings is 2. The molecular weight excluding hydrogens is 285 g/mol. The Hall–Kier alpha value is -2.21. The minimum atomic E-state index is -4.81. The Morgan fingerprint density at radius 3 is 2.38 bits per heavy atom. The number of rotatable bonds is 4. The molecule has 2 aromatic rings. The van der Waals surface area contributed by atoms with E-state index in [4.69, 9.17) is 9.84 Å². The molecule has 6 heteroatoms. The van der Waals surface area contributed by atoms with Gasteiger partial charge in [-0.2, -0.15) is 0 Å². The number of halogens is 3. The van der Waals surface area contributed by atoms with Crippen molar-refractivity contribution in [2.75, 3.05) is 7.11 Å². The van der Waals surface area contributed by atoms with Crippen molar-refractivity contribution >= 4 is 0 Å². The summed E-state index contributed by atoms with van der Waals surface area (Å²) in [7, 11) is 1.51. The van der Waals surface area contributed by atoms with E-state index in [1.807, 2.05) is 0 Å². The molecule has 2 aromatic carbocycles. The van der Waals surface area contributed by atoms with Crippen LogP contribution in [-0.2, 0) is 6.61 Å². The Labute approximate surface area is 119 Å². The smallest absolute Gasteiger partial charge is 0.497 e. The molecule has 3 nitrogen and oxygen atoms in total. The average Bonchev–Trinajstić information content (AvgIpc) is 2.45. The van der Waals surface area contributed by atoms with E-state index in [9.17, 15) is 13.2 Å². The van der Waals surface area contributed by atoms with Gasteiger partial charge in [-0.1, -0.05) is 24.3 Å². The molecule has 1 N–H and O–H groups in total. The first-order valence-electron chi connectivity index (χ1n) is 6.07. The van der Waals surface area contributed by atoms with Gasteiger partial charge in [-0.3, -0.25) is 0 Å². The Morgan fingerprint density at radius 2 is 1.76 bits per heavy atom. The number of methoxy groups -OCH3 is 1. The first-order valence-corrected chi connectivity index (χ1v) is 6.07. The first-order chi connectivity index (χ1) is 9.93. The zero-order chi connectivity index (χ0) is 15.5. The quantitative estimate of drug-likeness (QED) is 0.934. The molecular formula is C15H13F3O3. The minimum absolute atomic E-state index is 0.0685. The summed E-state index contributed by atoms with van der Waals surface area (Å²) in [4.78, 5) is 0. The Morgan fingerprint density at radius 1 is 1.05 bits per heavy atom. The molecule has 0 atom stereocenters. The van der Waals surface area contributed by atoms with Crippen LogP contribution in [0.5, 0.6) is 11.5 Å². The zero-order valence-corrected chi connectivity index (χ0v) is 11.1. The molecule has 0 saturated carbocycles. The van der Waals surface area contributed by atoms with E-state index < -0.39 is 18.7 Å². The minimum Gasteiger partial charge on any atom is -0.497 e. The monoisotopic (exact) mass is 298 g/mol. The molecule has 0 aliphatic rings. The van der Waals surface area contributed by atoms with Crippen LogP contribution in [0, 0.1) is 0 Å². The molecule has 0 amide bonds. The maximum Gasteiger partial charge on any atom is 0.573 e. The van der Waals surface area contributed by atoms with Crippen LogP contribution < -0.4 is 9.47 Å². The summed E-state index contributed by atoms with van der Waals surface area (Å²) >= 11 is 0. The highest BCUT2D eigenvalue weighted by Crippen LogP contribution is 2.32. The van der Waals surface area contributed by atoms with Gasteiger partial charge in [0.15, 0.2) is 0 Å². The van der Waals surface area contributed by atoms with Gasteiger partial charge >= 0.3 is 6.36 Å². The normalized spacial score (nSPS) is 11.3. The molecule has 0 radical (unpaired) electrons. The number of hydrogen-bond donors (Lipinski definition) is 1. The van der Waals surface area contributed by atoms with E-state index in [-0.39, 0.29) is 5.56 Å². The summed E-state index contributed by atoms with van der Waals surface area (Å²) in [6, 6.07) is 11.2. The summed E-state index contributed by atoms with van der Waals surface area (Å²) < 4.78 is 46.2. The number of alkyl halides is 3. The van der Waals surface area contributed by atoms with Crippen LogP contribution in [0.2, 0.25) is 0 Å². The van der Waals surface area contributed by atoms with Crippen molar-refractivity contribution in [2.24, 2.45) is 0 Å². The Balaban J connectivity index is 2.43. The van der Waals surface area contributed by atoms with Crippen LogP contribution in [0.1, 0.15) is 5.56 Å². The van der Waals surface area contributed by atoms with Crippen molar-refractivity contribution in [3.8, 4) is 22.6 Å². The van der Waals surface area contributed by atoms with Crippen molar-refractivity contribution in [3.05, 3.63) is 48.0 Å². The molecule has 0 aromatic heterocycles. The Kier molecular flexibility index (Phi) is 4.37. The van der Waals surface area contributed by atoms with Crippen LogP contribution in [0.15, 0.2) is 42.5 Å². The third-order valence-corrected chi connectivity index (χ3v) is 2.87. The van der Waals surface area contributed by atoms with Gasteiger partial charge in [-0.25, -0.2) is 0 Å². The second kappa shape index (κ2) is 6.05. The lowest BCUT2D eigenvalue weighted by Crippen LogP contribution is -2.18. The van der Waals surface area contributed by atoms with E-state index in [0.717, 1.165) is 0 Å². The highest BCUT2D eigenvalue weighted by Gasteiger charge is 2.32. The fraction of sp³-hybridized carbons (Fsp3) is 0.200. The van der Waals surface area contributed by atoms with Gasteiger partial charge in [0.05, 0.1) is 13.7 Å². The number of aliphatic hydroxyl groups is 1. The molecule has 0 aliphatic heterocycles. The van der Waals surface area contributed by atoms with Crippen LogP contribution in [-0.4, -0.2) is 18.6 Å². The summed E-state index contributed by atoms with van der Waals surface area (Å²) in [6.45, 7) is -0.538. The van der Waals surface area contributed by atoms with E-state index >= 15 is 0 Å². The second-order valence-electron chi connectivity index (χ2n) is 4.26. The maximum absolute atomic E-state index is 12.4. The SMILES string of the molecule is COc1cccc(-c2ccc(CO)c(OC(F)(F)F)c2)c1. The van der Waals surface area contributed by atoms with Gasteiger partial charge in [-0.15, -0.1) is 13.2 Å². The van der Waals surface area contributed by atoms with Crippen LogP contribution in [0.3, 0.4) is 0 Å². The number of hydrogen-bond acceptors (Lipinski definition) is 3. The standard InChI is InChI=1S/C15H13F3O3/c1-20-13-4-2-3-10(7-13)11-5-6-12(9-19)14(8-11)21-15(16,17)18/h2-8,19H,9H2,1H3. The van der Waals surface area contributed by atoms with E-state index in [2.05, 4.69) is 4.74 Å².